The molecule has 10 nitrogen and oxygen atoms in total. The van der Waals surface area contributed by atoms with Gasteiger partial charge in [-0.05, 0) is 11.6 Å². The number of hydrogen-bond acceptors (Lipinski definition) is 9. The molecule has 0 atom stereocenters. The summed E-state index contributed by atoms with van der Waals surface area (Å²) < 4.78 is 0. The average molecular weight is 448 g/mol. The highest BCUT2D eigenvalue weighted by molar-refractivity contribution is 8.00. The summed E-state index contributed by atoms with van der Waals surface area (Å²) >= 11 is 1.11. The Morgan fingerprint density at radius 3 is 2.25 bits per heavy atom. The number of H-pyrrole nitrogens is 1. The molecule has 0 radical (unpaired) electrons. The van der Waals surface area contributed by atoms with E-state index in [2.05, 4.69) is 31.5 Å². The predicted molar refractivity (Wildman–Crippen MR) is 124 cm³/mol. The zero-order valence-corrected chi connectivity index (χ0v) is 18.3. The molecule has 32 heavy (non-hydrogen) atoms. The molecule has 2 heterocycles. The van der Waals surface area contributed by atoms with Gasteiger partial charge in [0.25, 0.3) is 5.56 Å². The summed E-state index contributed by atoms with van der Waals surface area (Å²) in [6.07, 6.45) is 3.26. The van der Waals surface area contributed by atoms with Gasteiger partial charge < -0.3 is 16.3 Å². The fourth-order valence-electron chi connectivity index (χ4n) is 2.68. The van der Waals surface area contributed by atoms with E-state index in [9.17, 15) is 15.3 Å². The zero-order valence-electron chi connectivity index (χ0n) is 17.5. The molecular formula is C21H21N9OS. The Labute approximate surface area is 189 Å². The van der Waals surface area contributed by atoms with Crippen LogP contribution in [0, 0.1) is 22.7 Å². The Morgan fingerprint density at radius 1 is 1.12 bits per heavy atom. The minimum Gasteiger partial charge on any atom is -0.322 e. The van der Waals surface area contributed by atoms with Crippen molar-refractivity contribution in [3.8, 4) is 34.7 Å². The van der Waals surface area contributed by atoms with E-state index in [1.165, 1.54) is 0 Å². The maximum absolute atomic E-state index is 12.5. The number of hydrogen-bond donors (Lipinski definition) is 4. The summed E-state index contributed by atoms with van der Waals surface area (Å²) in [7, 11) is 0. The van der Waals surface area contributed by atoms with Crippen LogP contribution in [-0.4, -0.2) is 26.5 Å². The maximum Gasteiger partial charge on any atom is 0.267 e. The number of thioether (sulfide) groups is 1. The van der Waals surface area contributed by atoms with Gasteiger partial charge in [0.15, 0.2) is 5.82 Å². The summed E-state index contributed by atoms with van der Waals surface area (Å²) in [4.78, 5) is 23.4. The molecule has 1 aromatic carbocycles. The van der Waals surface area contributed by atoms with Gasteiger partial charge in [-0.25, -0.2) is 15.8 Å². The first-order chi connectivity index (χ1) is 15.6. The van der Waals surface area contributed by atoms with E-state index in [1.54, 1.807) is 42.7 Å². The molecule has 0 saturated heterocycles. The second-order valence-corrected chi connectivity index (χ2v) is 6.78. The normalized spacial score (nSPS) is 10.3. The van der Waals surface area contributed by atoms with Crippen molar-refractivity contribution in [2.75, 3.05) is 5.75 Å². The van der Waals surface area contributed by atoms with E-state index in [0.717, 1.165) is 17.3 Å². The fraction of sp³-hybridized carbons (Fsp3) is 0.143. The monoisotopic (exact) mass is 447 g/mol. The lowest BCUT2D eigenvalue weighted by molar-refractivity contribution is 0.995. The summed E-state index contributed by atoms with van der Waals surface area (Å²) in [5, 5.41) is 23.1. The van der Waals surface area contributed by atoms with Crippen molar-refractivity contribution in [3.63, 3.8) is 0 Å². The van der Waals surface area contributed by atoms with Gasteiger partial charge in [-0.1, -0.05) is 49.9 Å². The molecule has 3 rings (SSSR count). The van der Waals surface area contributed by atoms with Crippen LogP contribution >= 0.6 is 11.8 Å². The predicted octanol–water partition coefficient (Wildman–Crippen LogP) is 2.10. The summed E-state index contributed by atoms with van der Waals surface area (Å²) in [5.74, 6) is 11.5. The maximum atomic E-state index is 12.5. The van der Waals surface area contributed by atoms with Crippen molar-refractivity contribution in [1.82, 2.24) is 20.4 Å². The van der Waals surface area contributed by atoms with Crippen LogP contribution in [0.2, 0.25) is 0 Å². The van der Waals surface area contributed by atoms with Crippen LogP contribution < -0.4 is 22.7 Å². The Bertz CT molecular complexity index is 1220. The standard InChI is InChI=1S/C19H15N9OS.C2H6/c20-8-13-16(11-2-4-12(5-3-11)17-24-6-1-7-25-17)14(9-21)19(26-18(13)29)30-10-15(27-22)28-23;1-2/h1-7H,10,22-23H2,(H,26,29)(H,27,28);1-2H3. The average Bonchev–Trinajstić information content (AvgIpc) is 2.86. The van der Waals surface area contributed by atoms with Gasteiger partial charge in [0.05, 0.1) is 16.3 Å². The first kappa shape index (κ1) is 24.1. The molecule has 0 aliphatic heterocycles. The number of benzene rings is 1. The number of nitrogens with zero attached hydrogens (tertiary/aromatic N) is 5. The van der Waals surface area contributed by atoms with Gasteiger partial charge in [-0.2, -0.15) is 15.6 Å². The lowest BCUT2D eigenvalue weighted by Gasteiger charge is -2.12. The number of hydrazone groups is 1. The topological polar surface area (TPSA) is 183 Å². The molecule has 0 saturated carbocycles. The van der Waals surface area contributed by atoms with Crippen LogP contribution in [0.25, 0.3) is 22.5 Å². The number of aromatic amines is 1. The SMILES string of the molecule is CC.N#Cc1c(SC/C(=N/N)NN)[nH]c(=O)c(C#N)c1-c1ccc(-c2ncccn2)cc1. The lowest BCUT2D eigenvalue weighted by Crippen LogP contribution is -2.33. The number of nitriles is 2. The third-order valence-corrected chi connectivity index (χ3v) is 5.09. The molecule has 0 spiro atoms. The van der Waals surface area contributed by atoms with Gasteiger partial charge in [-0.15, -0.1) is 0 Å². The van der Waals surface area contributed by atoms with Crippen LogP contribution in [0.5, 0.6) is 0 Å². The number of amidine groups is 1. The van der Waals surface area contributed by atoms with Crippen LogP contribution in [0.4, 0.5) is 0 Å². The molecule has 0 aliphatic carbocycles. The molecule has 3 aromatic rings. The number of hydrazine groups is 1. The van der Waals surface area contributed by atoms with Gasteiger partial charge in [0.2, 0.25) is 0 Å². The molecule has 0 aliphatic rings. The van der Waals surface area contributed by atoms with Crippen LogP contribution in [0.15, 0.2) is 57.6 Å². The first-order valence-electron chi connectivity index (χ1n) is 9.47. The van der Waals surface area contributed by atoms with Crippen molar-refractivity contribution in [1.29, 1.82) is 10.5 Å². The van der Waals surface area contributed by atoms with Gasteiger partial charge in [-0.3, -0.25) is 4.79 Å². The summed E-state index contributed by atoms with van der Waals surface area (Å²) in [6.45, 7) is 4.00. The highest BCUT2D eigenvalue weighted by Gasteiger charge is 2.20. The number of rotatable bonds is 5. The van der Waals surface area contributed by atoms with Crippen LogP contribution in [0.1, 0.15) is 25.0 Å². The molecule has 162 valence electrons. The van der Waals surface area contributed by atoms with Crippen molar-refractivity contribution in [2.24, 2.45) is 16.8 Å². The van der Waals surface area contributed by atoms with E-state index >= 15 is 0 Å². The second kappa shape index (κ2) is 11.9. The van der Waals surface area contributed by atoms with E-state index in [0.29, 0.717) is 11.4 Å². The second-order valence-electron chi connectivity index (χ2n) is 5.79. The quantitative estimate of drug-likeness (QED) is 0.149. The molecule has 0 bridgehead atoms. The fourth-order valence-corrected chi connectivity index (χ4v) is 3.58. The minimum atomic E-state index is -0.601. The van der Waals surface area contributed by atoms with Gasteiger partial charge >= 0.3 is 0 Å². The number of pyridine rings is 1. The van der Waals surface area contributed by atoms with E-state index in [-0.39, 0.29) is 33.3 Å². The lowest BCUT2D eigenvalue weighted by atomic mass is 9.96. The Hall–Kier alpha value is -4.19. The van der Waals surface area contributed by atoms with Crippen molar-refractivity contribution < 1.29 is 0 Å². The largest absolute Gasteiger partial charge is 0.322 e. The number of nitrogens with one attached hydrogen (secondary N) is 2. The van der Waals surface area contributed by atoms with Crippen molar-refractivity contribution in [2.45, 2.75) is 18.9 Å². The molecule has 6 N–H and O–H groups in total. The smallest absolute Gasteiger partial charge is 0.267 e. The zero-order chi connectivity index (χ0) is 23.5. The molecule has 0 fully saturated rings. The Morgan fingerprint density at radius 2 is 1.72 bits per heavy atom. The Balaban J connectivity index is 0.00000176. The first-order valence-corrected chi connectivity index (χ1v) is 10.5. The number of aromatic nitrogens is 3. The van der Waals surface area contributed by atoms with Crippen molar-refractivity contribution in [3.05, 3.63) is 64.2 Å². The minimum absolute atomic E-state index is 0.149. The van der Waals surface area contributed by atoms with E-state index < -0.39 is 5.56 Å². The van der Waals surface area contributed by atoms with Gasteiger partial charge in [0.1, 0.15) is 23.5 Å². The van der Waals surface area contributed by atoms with Crippen molar-refractivity contribution >= 4 is 17.6 Å². The third-order valence-electron chi connectivity index (χ3n) is 4.08. The van der Waals surface area contributed by atoms with Gasteiger partial charge in [0, 0.05) is 23.5 Å². The third kappa shape index (κ3) is 5.29. The molecule has 0 amide bonds. The summed E-state index contributed by atoms with van der Waals surface area (Å²) in [6, 6.07) is 12.6. The van der Waals surface area contributed by atoms with Crippen LogP contribution in [0.3, 0.4) is 0 Å². The highest BCUT2D eigenvalue weighted by Crippen LogP contribution is 2.32. The molecular weight excluding hydrogens is 426 g/mol. The Kier molecular flexibility index (Phi) is 8.92. The van der Waals surface area contributed by atoms with E-state index in [1.807, 2.05) is 19.9 Å². The molecule has 2 aromatic heterocycles. The highest BCUT2D eigenvalue weighted by atomic mass is 32.2. The van der Waals surface area contributed by atoms with Crippen LogP contribution in [-0.2, 0) is 0 Å². The summed E-state index contributed by atoms with van der Waals surface area (Å²) in [5.41, 5.74) is 3.29. The number of nitrogens with two attached hydrogens (primary N) is 2. The molecule has 0 unspecified atom stereocenters. The molecule has 11 heteroatoms. The van der Waals surface area contributed by atoms with E-state index in [4.69, 9.17) is 11.7 Å².